The quantitative estimate of drug-likeness (QED) is 0.782. The average Bonchev–Trinajstić information content (AvgIpc) is 3.10. The van der Waals surface area contributed by atoms with Crippen molar-refractivity contribution in [3.05, 3.63) is 54.0 Å². The molecule has 5 heteroatoms. The molecule has 0 saturated heterocycles. The van der Waals surface area contributed by atoms with Gasteiger partial charge in [0.15, 0.2) is 0 Å². The van der Waals surface area contributed by atoms with E-state index in [2.05, 4.69) is 46.5 Å². The SMILES string of the molecule is Cc1cccc(-n2nc(-c3cnccn3)c3c2NCC3)c1. The van der Waals surface area contributed by atoms with Gasteiger partial charge in [0.05, 0.1) is 11.9 Å². The second-order valence-corrected chi connectivity index (χ2v) is 5.19. The average molecular weight is 277 g/mol. The third-order valence-corrected chi connectivity index (χ3v) is 3.70. The zero-order chi connectivity index (χ0) is 14.2. The summed E-state index contributed by atoms with van der Waals surface area (Å²) in [6, 6.07) is 8.34. The van der Waals surface area contributed by atoms with Crippen LogP contribution in [0.5, 0.6) is 0 Å². The maximum absolute atomic E-state index is 4.77. The van der Waals surface area contributed by atoms with Crippen molar-refractivity contribution in [1.29, 1.82) is 0 Å². The third kappa shape index (κ3) is 1.98. The summed E-state index contributed by atoms with van der Waals surface area (Å²) in [5, 5.41) is 8.19. The smallest absolute Gasteiger partial charge is 0.133 e. The lowest BCUT2D eigenvalue weighted by Crippen LogP contribution is -2.04. The number of aryl methyl sites for hydroxylation is 1. The van der Waals surface area contributed by atoms with Crippen LogP contribution in [0.25, 0.3) is 17.1 Å². The van der Waals surface area contributed by atoms with E-state index in [1.165, 1.54) is 11.1 Å². The number of anilines is 1. The van der Waals surface area contributed by atoms with Crippen LogP contribution in [0.4, 0.5) is 5.82 Å². The van der Waals surface area contributed by atoms with Gasteiger partial charge in [0.2, 0.25) is 0 Å². The Balaban J connectivity index is 1.91. The van der Waals surface area contributed by atoms with E-state index < -0.39 is 0 Å². The number of hydrogen-bond acceptors (Lipinski definition) is 4. The topological polar surface area (TPSA) is 55.6 Å². The maximum atomic E-state index is 4.77. The fraction of sp³-hybridized carbons (Fsp3) is 0.188. The molecule has 5 nitrogen and oxygen atoms in total. The molecule has 0 atom stereocenters. The molecule has 104 valence electrons. The summed E-state index contributed by atoms with van der Waals surface area (Å²) in [6.45, 7) is 3.02. The Kier molecular flexibility index (Phi) is 2.70. The fourth-order valence-electron chi connectivity index (χ4n) is 2.75. The molecule has 0 spiro atoms. The molecule has 0 aliphatic carbocycles. The number of benzene rings is 1. The molecule has 2 aromatic heterocycles. The van der Waals surface area contributed by atoms with Gasteiger partial charge >= 0.3 is 0 Å². The number of nitrogens with one attached hydrogen (secondary N) is 1. The van der Waals surface area contributed by atoms with Crippen LogP contribution in [0.2, 0.25) is 0 Å². The van der Waals surface area contributed by atoms with Gasteiger partial charge in [0.1, 0.15) is 17.2 Å². The van der Waals surface area contributed by atoms with Gasteiger partial charge in [-0.2, -0.15) is 5.10 Å². The molecule has 0 radical (unpaired) electrons. The Labute approximate surface area is 122 Å². The number of rotatable bonds is 2. The van der Waals surface area contributed by atoms with Crippen LogP contribution in [0, 0.1) is 6.92 Å². The van der Waals surface area contributed by atoms with Gasteiger partial charge in [-0.05, 0) is 31.0 Å². The monoisotopic (exact) mass is 277 g/mol. The summed E-state index contributed by atoms with van der Waals surface area (Å²) in [4.78, 5) is 8.54. The highest BCUT2D eigenvalue weighted by Crippen LogP contribution is 2.33. The summed E-state index contributed by atoms with van der Waals surface area (Å²) in [5.41, 5.74) is 5.25. The van der Waals surface area contributed by atoms with Crippen LogP contribution in [-0.4, -0.2) is 26.3 Å². The number of nitrogens with zero attached hydrogens (tertiary/aromatic N) is 4. The largest absolute Gasteiger partial charge is 0.369 e. The van der Waals surface area contributed by atoms with Crippen molar-refractivity contribution in [2.24, 2.45) is 0 Å². The number of fused-ring (bicyclic) bond motifs is 1. The van der Waals surface area contributed by atoms with Gasteiger partial charge in [-0.1, -0.05) is 12.1 Å². The molecule has 0 fully saturated rings. The van der Waals surface area contributed by atoms with Gasteiger partial charge in [-0.25, -0.2) is 4.68 Å². The van der Waals surface area contributed by atoms with E-state index in [0.29, 0.717) is 0 Å². The van der Waals surface area contributed by atoms with Crippen LogP contribution in [-0.2, 0) is 6.42 Å². The third-order valence-electron chi connectivity index (χ3n) is 3.70. The first-order chi connectivity index (χ1) is 10.3. The van der Waals surface area contributed by atoms with Gasteiger partial charge in [0, 0.05) is 24.5 Å². The molecule has 1 aromatic carbocycles. The van der Waals surface area contributed by atoms with Gasteiger partial charge < -0.3 is 5.32 Å². The van der Waals surface area contributed by atoms with Crippen molar-refractivity contribution in [3.63, 3.8) is 0 Å². The summed E-state index contributed by atoms with van der Waals surface area (Å²) in [6.07, 6.45) is 6.11. The van der Waals surface area contributed by atoms with Crippen LogP contribution < -0.4 is 5.32 Å². The van der Waals surface area contributed by atoms with Crippen LogP contribution >= 0.6 is 0 Å². The van der Waals surface area contributed by atoms with Crippen molar-refractivity contribution in [2.75, 3.05) is 11.9 Å². The molecular formula is C16H15N5. The summed E-state index contributed by atoms with van der Waals surface area (Å²) in [5.74, 6) is 1.07. The highest BCUT2D eigenvalue weighted by Gasteiger charge is 2.24. The first-order valence-corrected chi connectivity index (χ1v) is 7.02. The Morgan fingerprint density at radius 1 is 1.24 bits per heavy atom. The van der Waals surface area contributed by atoms with Crippen molar-refractivity contribution in [2.45, 2.75) is 13.3 Å². The van der Waals surface area contributed by atoms with Crippen molar-refractivity contribution >= 4 is 5.82 Å². The lowest BCUT2D eigenvalue weighted by molar-refractivity contribution is 0.878. The van der Waals surface area contributed by atoms with Gasteiger partial charge in [-0.3, -0.25) is 9.97 Å². The number of aromatic nitrogens is 4. The first kappa shape index (κ1) is 12.1. The molecule has 0 bridgehead atoms. The second kappa shape index (κ2) is 4.70. The van der Waals surface area contributed by atoms with Crippen molar-refractivity contribution < 1.29 is 0 Å². The number of hydrogen-bond donors (Lipinski definition) is 1. The first-order valence-electron chi connectivity index (χ1n) is 7.02. The molecule has 0 saturated carbocycles. The Bertz CT molecular complexity index is 792. The lowest BCUT2D eigenvalue weighted by Gasteiger charge is -2.06. The summed E-state index contributed by atoms with van der Waals surface area (Å²) >= 11 is 0. The Hall–Kier alpha value is -2.69. The maximum Gasteiger partial charge on any atom is 0.133 e. The van der Waals surface area contributed by atoms with Gasteiger partial charge in [-0.15, -0.1) is 0 Å². The minimum Gasteiger partial charge on any atom is -0.369 e. The Morgan fingerprint density at radius 3 is 3.00 bits per heavy atom. The van der Waals surface area contributed by atoms with Crippen LogP contribution in [0.15, 0.2) is 42.9 Å². The minimum absolute atomic E-state index is 0.823. The summed E-state index contributed by atoms with van der Waals surface area (Å²) in [7, 11) is 0. The van der Waals surface area contributed by atoms with Crippen LogP contribution in [0.1, 0.15) is 11.1 Å². The molecular weight excluding hydrogens is 262 g/mol. The van der Waals surface area contributed by atoms with E-state index in [0.717, 1.165) is 35.9 Å². The molecule has 21 heavy (non-hydrogen) atoms. The molecule has 3 heterocycles. The molecule has 0 amide bonds. The fourth-order valence-corrected chi connectivity index (χ4v) is 2.75. The molecule has 1 aliphatic rings. The van der Waals surface area contributed by atoms with E-state index >= 15 is 0 Å². The highest BCUT2D eigenvalue weighted by molar-refractivity contribution is 5.70. The predicted octanol–water partition coefficient (Wildman–Crippen LogP) is 2.61. The van der Waals surface area contributed by atoms with E-state index in [9.17, 15) is 0 Å². The van der Waals surface area contributed by atoms with Crippen LogP contribution in [0.3, 0.4) is 0 Å². The lowest BCUT2D eigenvalue weighted by atomic mass is 10.1. The van der Waals surface area contributed by atoms with Gasteiger partial charge in [0.25, 0.3) is 0 Å². The molecule has 0 unspecified atom stereocenters. The molecule has 3 aromatic rings. The van der Waals surface area contributed by atoms with E-state index in [-0.39, 0.29) is 0 Å². The molecule has 1 aliphatic heterocycles. The normalized spacial score (nSPS) is 13.0. The Morgan fingerprint density at radius 2 is 2.19 bits per heavy atom. The standard InChI is InChI=1S/C16H15N5/c1-11-3-2-4-12(9-11)21-16-13(5-6-19-16)15(20-21)14-10-17-7-8-18-14/h2-4,7-10,19H,5-6H2,1H3. The predicted molar refractivity (Wildman–Crippen MR) is 81.5 cm³/mol. The van der Waals surface area contributed by atoms with Crippen molar-refractivity contribution in [1.82, 2.24) is 19.7 Å². The zero-order valence-electron chi connectivity index (χ0n) is 11.7. The van der Waals surface area contributed by atoms with E-state index in [1.54, 1.807) is 18.6 Å². The second-order valence-electron chi connectivity index (χ2n) is 5.19. The van der Waals surface area contributed by atoms with E-state index in [4.69, 9.17) is 5.10 Å². The minimum atomic E-state index is 0.823. The summed E-state index contributed by atoms with van der Waals surface area (Å²) < 4.78 is 1.97. The zero-order valence-corrected chi connectivity index (χ0v) is 11.7. The molecule has 1 N–H and O–H groups in total. The van der Waals surface area contributed by atoms with Crippen molar-refractivity contribution in [3.8, 4) is 17.1 Å². The van der Waals surface area contributed by atoms with E-state index in [1.807, 2.05) is 4.68 Å². The molecule has 4 rings (SSSR count). The highest BCUT2D eigenvalue weighted by atomic mass is 15.3.